The smallest absolute Gasteiger partial charge is 0.236 e. The molecule has 0 atom stereocenters. The molecule has 94 valence electrons. The van der Waals surface area contributed by atoms with Gasteiger partial charge in [0.1, 0.15) is 0 Å². The van der Waals surface area contributed by atoms with Crippen LogP contribution in [0.15, 0.2) is 0 Å². The molecule has 0 aromatic heterocycles. The molecule has 4 nitrogen and oxygen atoms in total. The number of ether oxygens (including phenoxy) is 1. The molecule has 1 saturated carbocycles. The summed E-state index contributed by atoms with van der Waals surface area (Å²) >= 11 is 0. The maximum Gasteiger partial charge on any atom is 0.236 e. The van der Waals surface area contributed by atoms with Crippen molar-refractivity contribution in [2.24, 2.45) is 5.41 Å². The van der Waals surface area contributed by atoms with E-state index in [-0.39, 0.29) is 5.91 Å². The van der Waals surface area contributed by atoms with E-state index in [0.717, 1.165) is 26.1 Å². The van der Waals surface area contributed by atoms with Crippen LogP contribution in [0.2, 0.25) is 0 Å². The molecule has 4 heteroatoms. The number of nitrogens with zero attached hydrogens (tertiary/aromatic N) is 1. The predicted molar refractivity (Wildman–Crippen MR) is 64.3 cm³/mol. The molecule has 1 aliphatic rings. The normalized spacial score (nSPS) is 17.2. The molecule has 0 radical (unpaired) electrons. The largest absolute Gasteiger partial charge is 0.385 e. The van der Waals surface area contributed by atoms with Crippen molar-refractivity contribution < 1.29 is 9.53 Å². The number of nitrogens with one attached hydrogen (secondary N) is 1. The summed E-state index contributed by atoms with van der Waals surface area (Å²) in [6, 6.07) is 0. The van der Waals surface area contributed by atoms with E-state index in [0.29, 0.717) is 12.0 Å². The lowest BCUT2D eigenvalue weighted by atomic mass is 10.0. The van der Waals surface area contributed by atoms with Gasteiger partial charge in [-0.25, -0.2) is 0 Å². The number of hydrogen-bond donors (Lipinski definition) is 1. The summed E-state index contributed by atoms with van der Waals surface area (Å²) in [4.78, 5) is 13.3. The van der Waals surface area contributed by atoms with E-state index in [9.17, 15) is 4.79 Å². The Morgan fingerprint density at radius 2 is 2.19 bits per heavy atom. The Hall–Kier alpha value is -0.610. The van der Waals surface area contributed by atoms with E-state index >= 15 is 0 Å². The van der Waals surface area contributed by atoms with Gasteiger partial charge in [-0.2, -0.15) is 0 Å². The zero-order valence-corrected chi connectivity index (χ0v) is 10.7. The van der Waals surface area contributed by atoms with Gasteiger partial charge in [0.05, 0.1) is 6.54 Å². The average molecular weight is 228 g/mol. The third-order valence-corrected chi connectivity index (χ3v) is 3.47. The summed E-state index contributed by atoms with van der Waals surface area (Å²) in [5.74, 6) is 0.171. The fourth-order valence-corrected chi connectivity index (χ4v) is 1.76. The van der Waals surface area contributed by atoms with Crippen molar-refractivity contribution in [3.05, 3.63) is 0 Å². The van der Waals surface area contributed by atoms with Gasteiger partial charge in [0.15, 0.2) is 0 Å². The summed E-state index contributed by atoms with van der Waals surface area (Å²) < 4.78 is 5.10. The summed E-state index contributed by atoms with van der Waals surface area (Å²) in [5.41, 5.74) is 0.418. The first-order chi connectivity index (χ1) is 7.63. The Morgan fingerprint density at radius 1 is 1.50 bits per heavy atom. The van der Waals surface area contributed by atoms with Gasteiger partial charge in [-0.1, -0.05) is 0 Å². The quantitative estimate of drug-likeness (QED) is 0.670. The molecule has 0 aromatic rings. The van der Waals surface area contributed by atoms with Crippen molar-refractivity contribution in [1.29, 1.82) is 0 Å². The highest BCUT2D eigenvalue weighted by Gasteiger charge is 2.41. The summed E-state index contributed by atoms with van der Waals surface area (Å²) in [7, 11) is 3.57. The Bertz CT molecular complexity index is 227. The fourth-order valence-electron chi connectivity index (χ4n) is 1.76. The standard InChI is InChI=1S/C12H24N2O2/c1-4-14(2)11(15)9-13-10-12(5-6-12)7-8-16-3/h13H,4-10H2,1-3H3. The van der Waals surface area contributed by atoms with Crippen molar-refractivity contribution >= 4 is 5.91 Å². The zero-order valence-electron chi connectivity index (χ0n) is 10.7. The van der Waals surface area contributed by atoms with Gasteiger partial charge in [-0.05, 0) is 31.6 Å². The average Bonchev–Trinajstić information content (AvgIpc) is 3.05. The van der Waals surface area contributed by atoms with Crippen LogP contribution in [-0.4, -0.2) is 51.2 Å². The zero-order chi connectivity index (χ0) is 12.0. The first-order valence-corrected chi connectivity index (χ1v) is 6.07. The van der Waals surface area contributed by atoms with Crippen molar-refractivity contribution in [3.63, 3.8) is 0 Å². The minimum Gasteiger partial charge on any atom is -0.385 e. The molecule has 0 saturated heterocycles. The molecule has 0 aliphatic heterocycles. The molecule has 0 aromatic carbocycles. The molecule has 1 aliphatic carbocycles. The predicted octanol–water partition coefficient (Wildman–Crippen LogP) is 0.871. The number of hydrogen-bond acceptors (Lipinski definition) is 3. The molecule has 1 amide bonds. The lowest BCUT2D eigenvalue weighted by Crippen LogP contribution is -2.37. The Kier molecular flexibility index (Phi) is 5.22. The minimum atomic E-state index is 0.171. The highest BCUT2D eigenvalue weighted by atomic mass is 16.5. The maximum atomic E-state index is 11.5. The van der Waals surface area contributed by atoms with E-state index < -0.39 is 0 Å². The molecule has 1 N–H and O–H groups in total. The third-order valence-electron chi connectivity index (χ3n) is 3.47. The van der Waals surface area contributed by atoms with Crippen LogP contribution in [0.25, 0.3) is 0 Å². The second-order valence-corrected chi connectivity index (χ2v) is 4.75. The Labute approximate surface area is 98.3 Å². The van der Waals surface area contributed by atoms with Crippen LogP contribution in [0.4, 0.5) is 0 Å². The lowest BCUT2D eigenvalue weighted by molar-refractivity contribution is -0.128. The number of rotatable bonds is 8. The van der Waals surface area contributed by atoms with Gasteiger partial charge in [0.2, 0.25) is 5.91 Å². The highest BCUT2D eigenvalue weighted by molar-refractivity contribution is 5.77. The number of methoxy groups -OCH3 is 1. The van der Waals surface area contributed by atoms with Crippen LogP contribution >= 0.6 is 0 Å². The molecule has 1 rings (SSSR count). The van der Waals surface area contributed by atoms with Gasteiger partial charge in [0, 0.05) is 33.9 Å². The van der Waals surface area contributed by atoms with Crippen molar-refractivity contribution in [2.75, 3.05) is 40.4 Å². The van der Waals surface area contributed by atoms with Gasteiger partial charge in [-0.3, -0.25) is 4.79 Å². The summed E-state index contributed by atoms with van der Waals surface area (Å²) in [5, 5.41) is 3.27. The van der Waals surface area contributed by atoms with Crippen molar-refractivity contribution in [2.45, 2.75) is 26.2 Å². The van der Waals surface area contributed by atoms with Crippen LogP contribution in [0.3, 0.4) is 0 Å². The van der Waals surface area contributed by atoms with Gasteiger partial charge >= 0.3 is 0 Å². The molecule has 16 heavy (non-hydrogen) atoms. The molecular weight excluding hydrogens is 204 g/mol. The van der Waals surface area contributed by atoms with Crippen LogP contribution in [0.1, 0.15) is 26.2 Å². The Morgan fingerprint density at radius 3 is 2.69 bits per heavy atom. The van der Waals surface area contributed by atoms with E-state index in [1.54, 1.807) is 12.0 Å². The second-order valence-electron chi connectivity index (χ2n) is 4.75. The maximum absolute atomic E-state index is 11.5. The van der Waals surface area contributed by atoms with E-state index in [1.807, 2.05) is 14.0 Å². The lowest BCUT2D eigenvalue weighted by Gasteiger charge is -2.18. The molecular formula is C12H24N2O2. The first kappa shape index (κ1) is 13.5. The number of carbonyl (C=O) groups excluding carboxylic acids is 1. The number of carbonyl (C=O) groups is 1. The van der Waals surface area contributed by atoms with Crippen LogP contribution < -0.4 is 5.32 Å². The fraction of sp³-hybridized carbons (Fsp3) is 0.917. The summed E-state index contributed by atoms with van der Waals surface area (Å²) in [6.45, 7) is 4.98. The van der Waals surface area contributed by atoms with Gasteiger partial charge in [0.25, 0.3) is 0 Å². The van der Waals surface area contributed by atoms with Gasteiger partial charge < -0.3 is 15.0 Å². The minimum absolute atomic E-state index is 0.171. The molecule has 1 fully saturated rings. The van der Waals surface area contributed by atoms with E-state index in [4.69, 9.17) is 4.74 Å². The first-order valence-electron chi connectivity index (χ1n) is 6.07. The molecule has 0 heterocycles. The number of amides is 1. The van der Waals surface area contributed by atoms with Crippen molar-refractivity contribution in [3.8, 4) is 0 Å². The summed E-state index contributed by atoms with van der Waals surface area (Å²) in [6.07, 6.45) is 3.64. The molecule has 0 spiro atoms. The van der Waals surface area contributed by atoms with E-state index in [2.05, 4.69) is 5.32 Å². The third kappa shape index (κ3) is 4.10. The number of likely N-dealkylation sites (N-methyl/N-ethyl adjacent to an activating group) is 1. The van der Waals surface area contributed by atoms with Gasteiger partial charge in [-0.15, -0.1) is 0 Å². The monoisotopic (exact) mass is 228 g/mol. The Balaban J connectivity index is 2.13. The SMILES string of the molecule is CCN(C)C(=O)CNCC1(CCOC)CC1. The second kappa shape index (κ2) is 6.21. The molecule has 0 unspecified atom stereocenters. The molecule has 0 bridgehead atoms. The topological polar surface area (TPSA) is 41.6 Å². The van der Waals surface area contributed by atoms with Crippen LogP contribution in [-0.2, 0) is 9.53 Å². The van der Waals surface area contributed by atoms with Crippen LogP contribution in [0.5, 0.6) is 0 Å². The van der Waals surface area contributed by atoms with Crippen LogP contribution in [0, 0.1) is 5.41 Å². The van der Waals surface area contributed by atoms with Crippen molar-refractivity contribution in [1.82, 2.24) is 10.2 Å². The van der Waals surface area contributed by atoms with E-state index in [1.165, 1.54) is 12.8 Å². The highest BCUT2D eigenvalue weighted by Crippen LogP contribution is 2.48.